The summed E-state index contributed by atoms with van der Waals surface area (Å²) in [5.41, 5.74) is 1.89. The number of aromatic nitrogens is 1. The summed E-state index contributed by atoms with van der Waals surface area (Å²) in [4.78, 5) is 3.05. The minimum Gasteiger partial charge on any atom is -0.359 e. The lowest BCUT2D eigenvalue weighted by molar-refractivity contribution is 0.463. The van der Waals surface area contributed by atoms with Gasteiger partial charge in [-0.05, 0) is 36.9 Å². The Morgan fingerprint density at radius 2 is 2.18 bits per heavy atom. The average Bonchev–Trinajstić information content (AvgIpc) is 2.75. The maximum Gasteiger partial charge on any atom is 0.147 e. The van der Waals surface area contributed by atoms with E-state index in [0.29, 0.717) is 11.4 Å². The minimum absolute atomic E-state index is 0. The third-order valence-electron chi connectivity index (χ3n) is 3.43. The molecule has 1 atom stereocenters. The summed E-state index contributed by atoms with van der Waals surface area (Å²) >= 11 is 0. The summed E-state index contributed by atoms with van der Waals surface area (Å²) in [7, 11) is 0. The summed E-state index contributed by atoms with van der Waals surface area (Å²) in [6.45, 7) is 2.11. The number of hydrogen-bond donors (Lipinski definition) is 2. The van der Waals surface area contributed by atoms with Gasteiger partial charge in [-0.1, -0.05) is 12.1 Å². The van der Waals surface area contributed by atoms with Gasteiger partial charge in [-0.15, -0.1) is 12.4 Å². The van der Waals surface area contributed by atoms with Gasteiger partial charge in [0, 0.05) is 18.1 Å². The highest BCUT2D eigenvalue weighted by Crippen LogP contribution is 2.30. The molecule has 1 saturated heterocycles. The Labute approximate surface area is 106 Å². The Hall–Kier alpha value is -1.06. The van der Waals surface area contributed by atoms with Crippen LogP contribution in [0.5, 0.6) is 0 Å². The lowest BCUT2D eigenvalue weighted by atomic mass is 9.91. The molecular formula is C13H16ClFN2. The molecule has 1 aliphatic rings. The molecule has 2 aromatic rings. The van der Waals surface area contributed by atoms with Gasteiger partial charge in [-0.3, -0.25) is 0 Å². The Bertz CT molecular complexity index is 503. The molecule has 1 aromatic heterocycles. The normalized spacial score (nSPS) is 20.2. The van der Waals surface area contributed by atoms with Crippen LogP contribution in [0.25, 0.3) is 10.9 Å². The second-order valence-electron chi connectivity index (χ2n) is 4.45. The number of nitrogens with one attached hydrogen (secondary N) is 2. The fourth-order valence-corrected chi connectivity index (χ4v) is 2.59. The first-order valence-electron chi connectivity index (χ1n) is 5.82. The summed E-state index contributed by atoms with van der Waals surface area (Å²) < 4.78 is 13.5. The first-order valence-corrected chi connectivity index (χ1v) is 5.82. The molecule has 0 radical (unpaired) electrons. The van der Waals surface area contributed by atoms with Gasteiger partial charge in [0.25, 0.3) is 0 Å². The number of benzene rings is 1. The van der Waals surface area contributed by atoms with Crippen molar-refractivity contribution in [2.24, 2.45) is 0 Å². The third kappa shape index (κ3) is 2.17. The zero-order valence-corrected chi connectivity index (χ0v) is 10.3. The predicted molar refractivity (Wildman–Crippen MR) is 70.3 cm³/mol. The highest BCUT2D eigenvalue weighted by molar-refractivity contribution is 5.85. The lowest BCUT2D eigenvalue weighted by Crippen LogP contribution is -2.28. The van der Waals surface area contributed by atoms with E-state index in [-0.39, 0.29) is 18.2 Å². The minimum atomic E-state index is -0.160. The number of rotatable bonds is 1. The molecule has 0 amide bonds. The SMILES string of the molecule is Cl.Fc1cccc2c(C3CCCNC3)c[nH]c12. The molecule has 4 heteroatoms. The highest BCUT2D eigenvalue weighted by Gasteiger charge is 2.19. The Morgan fingerprint density at radius 3 is 2.94 bits per heavy atom. The topological polar surface area (TPSA) is 27.8 Å². The average molecular weight is 255 g/mol. The van der Waals surface area contributed by atoms with Crippen LogP contribution in [-0.4, -0.2) is 18.1 Å². The van der Waals surface area contributed by atoms with Crippen molar-refractivity contribution >= 4 is 23.3 Å². The van der Waals surface area contributed by atoms with E-state index in [9.17, 15) is 4.39 Å². The molecule has 1 unspecified atom stereocenters. The van der Waals surface area contributed by atoms with E-state index in [4.69, 9.17) is 0 Å². The van der Waals surface area contributed by atoms with Gasteiger partial charge in [-0.2, -0.15) is 0 Å². The molecule has 17 heavy (non-hydrogen) atoms. The first-order chi connectivity index (χ1) is 7.86. The number of piperidine rings is 1. The maximum atomic E-state index is 13.5. The zero-order chi connectivity index (χ0) is 11.0. The summed E-state index contributed by atoms with van der Waals surface area (Å²) in [5.74, 6) is 0.358. The number of aromatic amines is 1. The van der Waals surface area contributed by atoms with Crippen LogP contribution in [0.3, 0.4) is 0 Å². The molecule has 2 heterocycles. The number of fused-ring (bicyclic) bond motifs is 1. The number of halogens is 2. The number of hydrogen-bond acceptors (Lipinski definition) is 1. The first kappa shape index (κ1) is 12.4. The summed E-state index contributed by atoms with van der Waals surface area (Å²) in [6, 6.07) is 5.28. The predicted octanol–water partition coefficient (Wildman–Crippen LogP) is 3.20. The Kier molecular flexibility index (Phi) is 3.69. The van der Waals surface area contributed by atoms with E-state index in [1.54, 1.807) is 6.07 Å². The fraction of sp³-hybridized carbons (Fsp3) is 0.385. The molecule has 0 spiro atoms. The van der Waals surface area contributed by atoms with E-state index in [2.05, 4.69) is 10.3 Å². The van der Waals surface area contributed by atoms with Gasteiger partial charge in [0.2, 0.25) is 0 Å². The molecule has 0 aliphatic carbocycles. The second kappa shape index (κ2) is 5.07. The Morgan fingerprint density at radius 1 is 1.29 bits per heavy atom. The van der Waals surface area contributed by atoms with Crippen LogP contribution < -0.4 is 5.32 Å². The van der Waals surface area contributed by atoms with Gasteiger partial charge < -0.3 is 10.3 Å². The largest absolute Gasteiger partial charge is 0.359 e. The smallest absolute Gasteiger partial charge is 0.147 e. The van der Waals surface area contributed by atoms with Gasteiger partial charge in [-0.25, -0.2) is 4.39 Å². The second-order valence-corrected chi connectivity index (χ2v) is 4.45. The molecular weight excluding hydrogens is 239 g/mol. The van der Waals surface area contributed by atoms with Crippen molar-refractivity contribution in [3.05, 3.63) is 35.8 Å². The van der Waals surface area contributed by atoms with Crippen molar-refractivity contribution in [1.29, 1.82) is 0 Å². The zero-order valence-electron chi connectivity index (χ0n) is 9.50. The van der Waals surface area contributed by atoms with Crippen LogP contribution in [0.4, 0.5) is 4.39 Å². The standard InChI is InChI=1S/C13H15FN2.ClH/c14-12-5-1-4-10-11(8-16-13(10)12)9-3-2-6-15-7-9;/h1,4-5,8-9,15-16H,2-3,6-7H2;1H. The summed E-state index contributed by atoms with van der Waals surface area (Å²) in [5, 5.41) is 4.43. The quantitative estimate of drug-likeness (QED) is 0.804. The fourth-order valence-electron chi connectivity index (χ4n) is 2.59. The number of H-pyrrole nitrogens is 1. The van der Waals surface area contributed by atoms with E-state index < -0.39 is 0 Å². The highest BCUT2D eigenvalue weighted by atomic mass is 35.5. The van der Waals surface area contributed by atoms with E-state index in [0.717, 1.165) is 18.5 Å². The van der Waals surface area contributed by atoms with E-state index in [1.165, 1.54) is 24.5 Å². The van der Waals surface area contributed by atoms with Gasteiger partial charge in [0.05, 0.1) is 5.52 Å². The van der Waals surface area contributed by atoms with Gasteiger partial charge >= 0.3 is 0 Å². The lowest BCUT2D eigenvalue weighted by Gasteiger charge is -2.22. The van der Waals surface area contributed by atoms with Crippen LogP contribution in [0, 0.1) is 5.82 Å². The van der Waals surface area contributed by atoms with Crippen LogP contribution in [0.2, 0.25) is 0 Å². The van der Waals surface area contributed by atoms with Crippen molar-refractivity contribution in [2.75, 3.05) is 13.1 Å². The van der Waals surface area contributed by atoms with Crippen molar-refractivity contribution in [2.45, 2.75) is 18.8 Å². The molecule has 1 fully saturated rings. The van der Waals surface area contributed by atoms with Crippen LogP contribution >= 0.6 is 12.4 Å². The molecule has 2 N–H and O–H groups in total. The Balaban J connectivity index is 0.00000108. The van der Waals surface area contributed by atoms with E-state index in [1.807, 2.05) is 12.3 Å². The van der Waals surface area contributed by atoms with E-state index >= 15 is 0 Å². The molecule has 2 nitrogen and oxygen atoms in total. The van der Waals surface area contributed by atoms with Gasteiger partial charge in [0.1, 0.15) is 5.82 Å². The third-order valence-corrected chi connectivity index (χ3v) is 3.43. The van der Waals surface area contributed by atoms with Crippen molar-refractivity contribution < 1.29 is 4.39 Å². The molecule has 1 aliphatic heterocycles. The maximum absolute atomic E-state index is 13.5. The molecule has 3 rings (SSSR count). The van der Waals surface area contributed by atoms with Crippen LogP contribution in [0.15, 0.2) is 24.4 Å². The number of para-hydroxylation sites is 1. The van der Waals surface area contributed by atoms with Crippen molar-refractivity contribution in [3.63, 3.8) is 0 Å². The monoisotopic (exact) mass is 254 g/mol. The van der Waals surface area contributed by atoms with Crippen molar-refractivity contribution in [1.82, 2.24) is 10.3 Å². The van der Waals surface area contributed by atoms with Gasteiger partial charge in [0.15, 0.2) is 0 Å². The summed E-state index contributed by atoms with van der Waals surface area (Å²) in [6.07, 6.45) is 4.36. The van der Waals surface area contributed by atoms with Crippen LogP contribution in [-0.2, 0) is 0 Å². The molecule has 0 bridgehead atoms. The van der Waals surface area contributed by atoms with Crippen molar-refractivity contribution in [3.8, 4) is 0 Å². The molecule has 1 aromatic carbocycles. The van der Waals surface area contributed by atoms with Crippen LogP contribution in [0.1, 0.15) is 24.3 Å². The molecule has 92 valence electrons. The molecule has 0 saturated carbocycles.